The second-order valence-electron chi connectivity index (χ2n) is 3.88. The summed E-state index contributed by atoms with van der Waals surface area (Å²) in [6.07, 6.45) is 1.02. The molecule has 0 unspecified atom stereocenters. The first kappa shape index (κ1) is 10.5. The zero-order valence-electron chi connectivity index (χ0n) is 9.34. The van der Waals surface area contributed by atoms with Gasteiger partial charge < -0.3 is 4.74 Å². The van der Waals surface area contributed by atoms with E-state index in [9.17, 15) is 0 Å². The normalized spacial score (nSPS) is 16.9. The Morgan fingerprint density at radius 1 is 1.33 bits per heavy atom. The topological polar surface area (TPSA) is 33.3 Å². The van der Waals surface area contributed by atoms with Gasteiger partial charge in [0, 0.05) is 19.0 Å². The number of hydrogen-bond acceptors (Lipinski definition) is 3. The van der Waals surface area contributed by atoms with Crippen molar-refractivity contribution in [2.24, 2.45) is 0 Å². The fourth-order valence-electron chi connectivity index (χ4n) is 2.03. The van der Waals surface area contributed by atoms with E-state index in [2.05, 4.69) is 36.0 Å². The summed E-state index contributed by atoms with van der Waals surface area (Å²) < 4.78 is 5.32. The quantitative estimate of drug-likeness (QED) is 0.785. The van der Waals surface area contributed by atoms with E-state index in [0.717, 1.165) is 25.3 Å². The highest BCUT2D eigenvalue weighted by Crippen LogP contribution is 2.25. The lowest BCUT2D eigenvalue weighted by molar-refractivity contribution is 0.410. The first-order valence-corrected chi connectivity index (χ1v) is 5.47. The summed E-state index contributed by atoms with van der Waals surface area (Å²) >= 11 is 0. The number of ether oxygens (including phenoxy) is 1. The van der Waals surface area contributed by atoms with Gasteiger partial charge in [-0.15, -0.1) is 0 Å². The van der Waals surface area contributed by atoms with E-state index in [1.807, 2.05) is 0 Å². The minimum Gasteiger partial charge on any atom is -0.496 e. The van der Waals surface area contributed by atoms with Crippen molar-refractivity contribution in [3.63, 3.8) is 0 Å². The summed E-state index contributed by atoms with van der Waals surface area (Å²) in [5.74, 6) is 1.58. The van der Waals surface area contributed by atoms with Crippen LogP contribution in [0.2, 0.25) is 0 Å². The van der Waals surface area contributed by atoms with Crippen molar-refractivity contribution >= 4 is 0 Å². The maximum absolute atomic E-state index is 5.32. The van der Waals surface area contributed by atoms with Crippen molar-refractivity contribution in [1.82, 2.24) is 10.9 Å². The zero-order valence-corrected chi connectivity index (χ0v) is 9.34. The lowest BCUT2D eigenvalue weighted by atomic mass is 9.97. The molecule has 3 nitrogen and oxygen atoms in total. The maximum atomic E-state index is 5.32. The van der Waals surface area contributed by atoms with Crippen LogP contribution in [0.4, 0.5) is 0 Å². The molecule has 0 amide bonds. The van der Waals surface area contributed by atoms with Crippen LogP contribution in [0.1, 0.15) is 24.0 Å². The number of rotatable bonds is 3. The first-order chi connectivity index (χ1) is 7.35. The molecule has 1 aliphatic heterocycles. The number of benzene rings is 1. The van der Waals surface area contributed by atoms with Crippen LogP contribution in [-0.4, -0.2) is 20.2 Å². The third-order valence-corrected chi connectivity index (χ3v) is 2.98. The zero-order chi connectivity index (χ0) is 10.7. The molecule has 1 fully saturated rings. The summed E-state index contributed by atoms with van der Waals surface area (Å²) in [6, 6.07) is 6.50. The molecule has 0 radical (unpaired) electrons. The van der Waals surface area contributed by atoms with Gasteiger partial charge in [-0.3, -0.25) is 10.9 Å². The van der Waals surface area contributed by atoms with Crippen LogP contribution in [0.15, 0.2) is 18.2 Å². The molecule has 0 bridgehead atoms. The van der Waals surface area contributed by atoms with Gasteiger partial charge in [-0.05, 0) is 23.6 Å². The summed E-state index contributed by atoms with van der Waals surface area (Å²) in [5, 5.41) is 0. The molecule has 0 spiro atoms. The van der Waals surface area contributed by atoms with E-state index in [1.165, 1.54) is 11.1 Å². The molecule has 1 aromatic carbocycles. The molecule has 15 heavy (non-hydrogen) atoms. The molecule has 1 aromatic rings. The Kier molecular flexibility index (Phi) is 3.23. The first-order valence-electron chi connectivity index (χ1n) is 5.47. The number of hydrazine groups is 1. The van der Waals surface area contributed by atoms with Gasteiger partial charge in [0.15, 0.2) is 0 Å². The van der Waals surface area contributed by atoms with Crippen molar-refractivity contribution < 1.29 is 4.74 Å². The second-order valence-corrected chi connectivity index (χ2v) is 3.88. The third kappa shape index (κ3) is 2.13. The smallest absolute Gasteiger partial charge is 0.122 e. The second kappa shape index (κ2) is 4.64. The molecule has 0 atom stereocenters. The molecule has 2 N–H and O–H groups in total. The van der Waals surface area contributed by atoms with Gasteiger partial charge >= 0.3 is 0 Å². The van der Waals surface area contributed by atoms with Gasteiger partial charge in [0.2, 0.25) is 0 Å². The Hall–Kier alpha value is -1.06. The Morgan fingerprint density at radius 3 is 2.67 bits per heavy atom. The largest absolute Gasteiger partial charge is 0.496 e. The molecule has 2 rings (SSSR count). The molecule has 0 aromatic heterocycles. The summed E-state index contributed by atoms with van der Waals surface area (Å²) in [4.78, 5) is 0. The highest BCUT2D eigenvalue weighted by atomic mass is 16.5. The van der Waals surface area contributed by atoms with Crippen molar-refractivity contribution in [3.05, 3.63) is 29.3 Å². The van der Waals surface area contributed by atoms with Gasteiger partial charge in [-0.2, -0.15) is 0 Å². The van der Waals surface area contributed by atoms with Crippen molar-refractivity contribution in [1.29, 1.82) is 0 Å². The monoisotopic (exact) mass is 206 g/mol. The Bertz CT molecular complexity index is 332. The summed E-state index contributed by atoms with van der Waals surface area (Å²) in [5.41, 5.74) is 9.00. The third-order valence-electron chi connectivity index (χ3n) is 2.98. The predicted molar refractivity (Wildman–Crippen MR) is 61.1 cm³/mol. The predicted octanol–water partition coefficient (Wildman–Crippen LogP) is 1.45. The molecule has 1 heterocycles. The van der Waals surface area contributed by atoms with Crippen molar-refractivity contribution in [2.45, 2.75) is 19.3 Å². The fourth-order valence-corrected chi connectivity index (χ4v) is 2.03. The summed E-state index contributed by atoms with van der Waals surface area (Å²) in [6.45, 7) is 4.18. The van der Waals surface area contributed by atoms with E-state index in [0.29, 0.717) is 5.92 Å². The van der Waals surface area contributed by atoms with Crippen LogP contribution in [0.25, 0.3) is 0 Å². The van der Waals surface area contributed by atoms with Crippen LogP contribution in [0, 0.1) is 0 Å². The number of methoxy groups -OCH3 is 1. The average Bonchev–Trinajstić information content (AvgIpc) is 2.81. The van der Waals surface area contributed by atoms with Crippen LogP contribution in [0.5, 0.6) is 5.75 Å². The Labute approximate surface area is 90.8 Å². The van der Waals surface area contributed by atoms with Crippen LogP contribution < -0.4 is 15.6 Å². The van der Waals surface area contributed by atoms with Crippen LogP contribution in [0.3, 0.4) is 0 Å². The molecule has 1 saturated heterocycles. The standard InChI is InChI=1S/C12H18N2O/c1-3-9-6-10(4-5-12(9)15-2)11-7-13-14-8-11/h4-6,11,13-14H,3,7-8H2,1-2H3. The lowest BCUT2D eigenvalue weighted by Gasteiger charge is -2.12. The average molecular weight is 206 g/mol. The minimum atomic E-state index is 0.584. The maximum Gasteiger partial charge on any atom is 0.122 e. The number of nitrogens with one attached hydrogen (secondary N) is 2. The van der Waals surface area contributed by atoms with E-state index in [4.69, 9.17) is 4.74 Å². The van der Waals surface area contributed by atoms with Crippen LogP contribution in [-0.2, 0) is 6.42 Å². The Morgan fingerprint density at radius 2 is 2.07 bits per heavy atom. The number of aryl methyl sites for hydroxylation is 1. The SMILES string of the molecule is CCc1cc(C2CNNC2)ccc1OC. The molecular weight excluding hydrogens is 188 g/mol. The van der Waals surface area contributed by atoms with Gasteiger partial charge in [0.1, 0.15) is 5.75 Å². The highest BCUT2D eigenvalue weighted by Gasteiger charge is 2.17. The molecular formula is C12H18N2O. The molecule has 1 aliphatic rings. The van der Waals surface area contributed by atoms with Crippen molar-refractivity contribution in [2.75, 3.05) is 20.2 Å². The van der Waals surface area contributed by atoms with Crippen molar-refractivity contribution in [3.8, 4) is 5.75 Å². The molecule has 82 valence electrons. The van der Waals surface area contributed by atoms with Gasteiger partial charge in [-0.25, -0.2) is 0 Å². The van der Waals surface area contributed by atoms with E-state index in [1.54, 1.807) is 7.11 Å². The van der Waals surface area contributed by atoms with Gasteiger partial charge in [0.05, 0.1) is 7.11 Å². The minimum absolute atomic E-state index is 0.584. The van der Waals surface area contributed by atoms with E-state index < -0.39 is 0 Å². The van der Waals surface area contributed by atoms with Gasteiger partial charge in [-0.1, -0.05) is 19.1 Å². The highest BCUT2D eigenvalue weighted by molar-refractivity contribution is 5.39. The Balaban J connectivity index is 2.25. The lowest BCUT2D eigenvalue weighted by Crippen LogP contribution is -2.21. The van der Waals surface area contributed by atoms with E-state index in [-0.39, 0.29) is 0 Å². The molecule has 3 heteroatoms. The number of hydrogen-bond donors (Lipinski definition) is 2. The molecule has 0 saturated carbocycles. The van der Waals surface area contributed by atoms with E-state index >= 15 is 0 Å². The van der Waals surface area contributed by atoms with Gasteiger partial charge in [0.25, 0.3) is 0 Å². The summed E-state index contributed by atoms with van der Waals surface area (Å²) in [7, 11) is 1.73. The fraction of sp³-hybridized carbons (Fsp3) is 0.500. The molecule has 0 aliphatic carbocycles. The van der Waals surface area contributed by atoms with Crippen LogP contribution >= 0.6 is 0 Å².